The van der Waals surface area contributed by atoms with E-state index in [2.05, 4.69) is 29.1 Å². The fourth-order valence-electron chi connectivity index (χ4n) is 1.66. The van der Waals surface area contributed by atoms with Gasteiger partial charge in [0.1, 0.15) is 5.60 Å². The van der Waals surface area contributed by atoms with Crippen LogP contribution in [0.15, 0.2) is 34.3 Å². The van der Waals surface area contributed by atoms with E-state index in [1.54, 1.807) is 22.7 Å². The first kappa shape index (κ1) is 12.8. The third kappa shape index (κ3) is 3.16. The van der Waals surface area contributed by atoms with Crippen molar-refractivity contribution >= 4 is 22.7 Å². The second kappa shape index (κ2) is 5.31. The first-order valence-corrected chi connectivity index (χ1v) is 7.44. The molecule has 0 amide bonds. The molecule has 0 aromatic carbocycles. The Labute approximate surface area is 110 Å². The van der Waals surface area contributed by atoms with Gasteiger partial charge in [-0.3, -0.25) is 0 Å². The summed E-state index contributed by atoms with van der Waals surface area (Å²) >= 11 is 3.29. The van der Waals surface area contributed by atoms with Gasteiger partial charge in [-0.05, 0) is 47.7 Å². The van der Waals surface area contributed by atoms with Crippen LogP contribution in [0.1, 0.15) is 30.3 Å². The zero-order chi connectivity index (χ0) is 12.3. The molecule has 2 nitrogen and oxygen atoms in total. The summed E-state index contributed by atoms with van der Waals surface area (Å²) in [7, 11) is 0. The summed E-state index contributed by atoms with van der Waals surface area (Å²) < 4.78 is 0. The molecule has 17 heavy (non-hydrogen) atoms. The fraction of sp³-hybridized carbons (Fsp3) is 0.385. The normalized spacial score (nSPS) is 16.6. The number of hydrogen-bond donors (Lipinski definition) is 2. The first-order chi connectivity index (χ1) is 8.09. The van der Waals surface area contributed by atoms with Crippen LogP contribution in [0.5, 0.6) is 0 Å². The molecule has 0 saturated carbocycles. The van der Waals surface area contributed by atoms with E-state index in [1.807, 2.05) is 24.4 Å². The number of rotatable bonds is 5. The first-order valence-electron chi connectivity index (χ1n) is 5.61. The van der Waals surface area contributed by atoms with E-state index in [9.17, 15) is 5.11 Å². The fourth-order valence-corrected chi connectivity index (χ4v) is 3.20. The number of hydrogen-bond acceptors (Lipinski definition) is 4. The van der Waals surface area contributed by atoms with Crippen LogP contribution in [-0.2, 0) is 5.60 Å². The number of thiophene rings is 2. The summed E-state index contributed by atoms with van der Waals surface area (Å²) in [5, 5.41) is 20.0. The molecular weight excluding hydrogens is 250 g/mol. The zero-order valence-electron chi connectivity index (χ0n) is 10.0. The lowest BCUT2D eigenvalue weighted by molar-refractivity contribution is 0.0581. The van der Waals surface area contributed by atoms with Crippen molar-refractivity contribution in [3.8, 4) is 0 Å². The van der Waals surface area contributed by atoms with E-state index in [1.165, 1.54) is 5.56 Å². The Morgan fingerprint density at radius 3 is 2.82 bits per heavy atom. The lowest BCUT2D eigenvalue weighted by Crippen LogP contribution is -2.35. The Kier molecular flexibility index (Phi) is 3.99. The van der Waals surface area contributed by atoms with E-state index >= 15 is 0 Å². The summed E-state index contributed by atoms with van der Waals surface area (Å²) in [4.78, 5) is 1.00. The van der Waals surface area contributed by atoms with Crippen LogP contribution in [0.25, 0.3) is 0 Å². The molecule has 2 unspecified atom stereocenters. The Hall–Kier alpha value is -0.680. The van der Waals surface area contributed by atoms with Crippen molar-refractivity contribution in [1.29, 1.82) is 0 Å². The maximum Gasteiger partial charge on any atom is 0.108 e. The largest absolute Gasteiger partial charge is 0.383 e. The molecule has 0 saturated heterocycles. The van der Waals surface area contributed by atoms with Gasteiger partial charge >= 0.3 is 0 Å². The Morgan fingerprint density at radius 2 is 2.24 bits per heavy atom. The predicted molar refractivity (Wildman–Crippen MR) is 74.6 cm³/mol. The van der Waals surface area contributed by atoms with Gasteiger partial charge < -0.3 is 10.4 Å². The summed E-state index contributed by atoms with van der Waals surface area (Å²) in [6.07, 6.45) is 0. The van der Waals surface area contributed by atoms with E-state index < -0.39 is 5.60 Å². The average molecular weight is 267 g/mol. The van der Waals surface area contributed by atoms with Crippen molar-refractivity contribution in [2.75, 3.05) is 6.54 Å². The topological polar surface area (TPSA) is 32.3 Å². The molecule has 0 fully saturated rings. The van der Waals surface area contributed by atoms with Crippen LogP contribution < -0.4 is 5.32 Å². The third-order valence-electron chi connectivity index (χ3n) is 2.85. The molecule has 0 spiro atoms. The van der Waals surface area contributed by atoms with Crippen molar-refractivity contribution in [2.24, 2.45) is 0 Å². The third-order valence-corrected chi connectivity index (χ3v) is 4.67. The van der Waals surface area contributed by atoms with E-state index in [4.69, 9.17) is 0 Å². The minimum absolute atomic E-state index is 0.271. The molecule has 0 radical (unpaired) electrons. The van der Waals surface area contributed by atoms with Gasteiger partial charge in [0.05, 0.1) is 0 Å². The van der Waals surface area contributed by atoms with Crippen LogP contribution in [0, 0.1) is 0 Å². The highest BCUT2D eigenvalue weighted by Crippen LogP contribution is 2.25. The van der Waals surface area contributed by atoms with Crippen molar-refractivity contribution in [2.45, 2.75) is 25.5 Å². The van der Waals surface area contributed by atoms with Crippen molar-refractivity contribution in [3.63, 3.8) is 0 Å². The SMILES string of the molecule is CC(NCC(C)(O)c1cccs1)c1ccsc1. The molecule has 0 bridgehead atoms. The Balaban J connectivity index is 1.94. The molecular formula is C13H17NOS2. The predicted octanol–water partition coefficient (Wildman–Crippen LogP) is 3.37. The minimum atomic E-state index is -0.793. The summed E-state index contributed by atoms with van der Waals surface area (Å²) in [6, 6.07) is 6.33. The quantitative estimate of drug-likeness (QED) is 0.870. The molecule has 92 valence electrons. The maximum absolute atomic E-state index is 10.4. The van der Waals surface area contributed by atoms with Gasteiger partial charge in [-0.2, -0.15) is 11.3 Å². The van der Waals surface area contributed by atoms with Crippen molar-refractivity contribution in [3.05, 3.63) is 44.8 Å². The standard InChI is InChI=1S/C13H17NOS2/c1-10(11-5-7-16-8-11)14-9-13(2,15)12-4-3-6-17-12/h3-8,10,14-15H,9H2,1-2H3. The van der Waals surface area contributed by atoms with E-state index in [0.29, 0.717) is 6.54 Å². The summed E-state index contributed by atoms with van der Waals surface area (Å²) in [6.45, 7) is 4.53. The van der Waals surface area contributed by atoms with Gasteiger partial charge in [-0.25, -0.2) is 0 Å². The molecule has 4 heteroatoms. The molecule has 0 aliphatic rings. The second-order valence-corrected chi connectivity index (χ2v) is 6.14. The molecule has 0 aliphatic carbocycles. The lowest BCUT2D eigenvalue weighted by Gasteiger charge is -2.24. The average Bonchev–Trinajstić information content (AvgIpc) is 2.97. The zero-order valence-corrected chi connectivity index (χ0v) is 11.6. The van der Waals surface area contributed by atoms with Crippen LogP contribution in [0.3, 0.4) is 0 Å². The molecule has 2 aromatic rings. The number of nitrogens with one attached hydrogen (secondary N) is 1. The van der Waals surface area contributed by atoms with E-state index in [0.717, 1.165) is 4.88 Å². The van der Waals surface area contributed by atoms with Gasteiger partial charge in [0.25, 0.3) is 0 Å². The summed E-state index contributed by atoms with van der Waals surface area (Å²) in [5.41, 5.74) is 0.482. The molecule has 2 rings (SSSR count). The molecule has 0 aliphatic heterocycles. The van der Waals surface area contributed by atoms with Gasteiger partial charge in [0.15, 0.2) is 0 Å². The van der Waals surface area contributed by atoms with Crippen LogP contribution in [0.2, 0.25) is 0 Å². The number of aliphatic hydroxyl groups is 1. The molecule has 2 atom stereocenters. The highest BCUT2D eigenvalue weighted by molar-refractivity contribution is 7.10. The minimum Gasteiger partial charge on any atom is -0.383 e. The second-order valence-electron chi connectivity index (χ2n) is 4.41. The van der Waals surface area contributed by atoms with E-state index in [-0.39, 0.29) is 6.04 Å². The monoisotopic (exact) mass is 267 g/mol. The Morgan fingerprint density at radius 1 is 1.41 bits per heavy atom. The van der Waals surface area contributed by atoms with Crippen LogP contribution >= 0.6 is 22.7 Å². The van der Waals surface area contributed by atoms with Gasteiger partial charge in [-0.1, -0.05) is 6.07 Å². The smallest absolute Gasteiger partial charge is 0.108 e. The van der Waals surface area contributed by atoms with Crippen LogP contribution in [0.4, 0.5) is 0 Å². The maximum atomic E-state index is 10.4. The summed E-state index contributed by atoms with van der Waals surface area (Å²) in [5.74, 6) is 0. The van der Waals surface area contributed by atoms with Gasteiger partial charge in [-0.15, -0.1) is 11.3 Å². The lowest BCUT2D eigenvalue weighted by atomic mass is 10.0. The molecule has 2 heterocycles. The van der Waals surface area contributed by atoms with Crippen molar-refractivity contribution < 1.29 is 5.11 Å². The molecule has 2 N–H and O–H groups in total. The van der Waals surface area contributed by atoms with Crippen molar-refractivity contribution in [1.82, 2.24) is 5.32 Å². The van der Waals surface area contributed by atoms with Gasteiger partial charge in [0.2, 0.25) is 0 Å². The Bertz CT molecular complexity index is 434. The van der Waals surface area contributed by atoms with Gasteiger partial charge in [0, 0.05) is 17.5 Å². The highest BCUT2D eigenvalue weighted by atomic mass is 32.1. The molecule has 2 aromatic heterocycles. The highest BCUT2D eigenvalue weighted by Gasteiger charge is 2.24. The van der Waals surface area contributed by atoms with Crippen LogP contribution in [-0.4, -0.2) is 11.7 Å².